The Hall–Kier alpha value is -1.40. The van der Waals surface area contributed by atoms with Gasteiger partial charge in [-0.25, -0.2) is 15.8 Å². The smallest absolute Gasteiger partial charge is 0.145 e. The van der Waals surface area contributed by atoms with E-state index in [4.69, 9.17) is 10.9 Å². The molecule has 6 nitrogen and oxygen atoms in total. The molecule has 1 aromatic rings. The van der Waals surface area contributed by atoms with Crippen molar-refractivity contribution in [2.24, 2.45) is 5.84 Å². The Morgan fingerprint density at radius 2 is 2.00 bits per heavy atom. The Labute approximate surface area is 102 Å². The lowest BCUT2D eigenvalue weighted by Crippen LogP contribution is -2.12. The van der Waals surface area contributed by atoms with Gasteiger partial charge in [0.2, 0.25) is 0 Å². The molecular weight excluding hydrogens is 218 g/mol. The van der Waals surface area contributed by atoms with Crippen LogP contribution < -0.4 is 16.6 Å². The van der Waals surface area contributed by atoms with Gasteiger partial charge in [0.25, 0.3) is 0 Å². The van der Waals surface area contributed by atoms with E-state index in [1.807, 2.05) is 6.92 Å². The van der Waals surface area contributed by atoms with Crippen molar-refractivity contribution >= 4 is 11.6 Å². The molecule has 5 N–H and O–H groups in total. The number of nitrogen functional groups attached to an aromatic ring is 1. The summed E-state index contributed by atoms with van der Waals surface area (Å²) in [5.74, 6) is 7.51. The molecule has 0 atom stereocenters. The summed E-state index contributed by atoms with van der Waals surface area (Å²) >= 11 is 0. The lowest BCUT2D eigenvalue weighted by molar-refractivity contribution is 0.283. The third-order valence-electron chi connectivity index (χ3n) is 2.38. The van der Waals surface area contributed by atoms with Gasteiger partial charge in [0.15, 0.2) is 0 Å². The van der Waals surface area contributed by atoms with E-state index in [-0.39, 0.29) is 6.61 Å². The summed E-state index contributed by atoms with van der Waals surface area (Å²) in [6.07, 6.45) is 3.64. The van der Waals surface area contributed by atoms with Crippen LogP contribution in [-0.2, 0) is 6.42 Å². The highest BCUT2D eigenvalue weighted by Gasteiger charge is 2.01. The van der Waals surface area contributed by atoms with Crippen LogP contribution in [0.1, 0.15) is 32.0 Å². The number of aliphatic hydroxyl groups excluding tert-OH is 1. The number of aromatic nitrogens is 2. The molecule has 0 aromatic carbocycles. The van der Waals surface area contributed by atoms with Crippen molar-refractivity contribution in [2.45, 2.75) is 32.6 Å². The maximum Gasteiger partial charge on any atom is 0.145 e. The van der Waals surface area contributed by atoms with Gasteiger partial charge in [-0.15, -0.1) is 0 Å². The molecule has 1 heterocycles. The number of nitrogens with zero attached hydrogens (tertiary/aromatic N) is 2. The number of aryl methyl sites for hydroxylation is 1. The van der Waals surface area contributed by atoms with Crippen LogP contribution in [0.2, 0.25) is 0 Å². The quantitative estimate of drug-likeness (QED) is 0.306. The largest absolute Gasteiger partial charge is 0.396 e. The number of hydrazine groups is 1. The molecule has 6 heteroatoms. The fourth-order valence-electron chi connectivity index (χ4n) is 1.45. The minimum atomic E-state index is 0.259. The zero-order valence-electron chi connectivity index (χ0n) is 10.2. The maximum absolute atomic E-state index is 8.66. The van der Waals surface area contributed by atoms with Gasteiger partial charge in [0, 0.05) is 25.6 Å². The Kier molecular flexibility index (Phi) is 6.27. The summed E-state index contributed by atoms with van der Waals surface area (Å²) in [5, 5.41) is 11.9. The normalized spacial score (nSPS) is 10.3. The zero-order valence-corrected chi connectivity index (χ0v) is 10.2. The molecule has 0 saturated heterocycles. The van der Waals surface area contributed by atoms with Crippen LogP contribution in [0.3, 0.4) is 0 Å². The minimum absolute atomic E-state index is 0.259. The third kappa shape index (κ3) is 4.97. The van der Waals surface area contributed by atoms with Crippen molar-refractivity contribution in [3.63, 3.8) is 0 Å². The van der Waals surface area contributed by atoms with Gasteiger partial charge < -0.3 is 15.8 Å². The van der Waals surface area contributed by atoms with Crippen molar-refractivity contribution in [3.05, 3.63) is 11.9 Å². The second-order valence-electron chi connectivity index (χ2n) is 3.76. The van der Waals surface area contributed by atoms with Crippen LogP contribution in [0.15, 0.2) is 6.07 Å². The SMILES string of the molecule is CCc1nc(NN)cc(NCCCCCO)n1. The number of hydrogen-bond acceptors (Lipinski definition) is 6. The van der Waals surface area contributed by atoms with Crippen LogP contribution in [0.25, 0.3) is 0 Å². The highest BCUT2D eigenvalue weighted by molar-refractivity contribution is 5.46. The molecule has 0 fully saturated rings. The van der Waals surface area contributed by atoms with Crippen molar-refractivity contribution in [3.8, 4) is 0 Å². The van der Waals surface area contributed by atoms with Crippen LogP contribution in [0, 0.1) is 0 Å². The molecule has 0 radical (unpaired) electrons. The number of nitrogens with two attached hydrogens (primary N) is 1. The molecule has 0 spiro atoms. The van der Waals surface area contributed by atoms with E-state index in [1.165, 1.54) is 0 Å². The summed E-state index contributed by atoms with van der Waals surface area (Å²) in [6.45, 7) is 3.10. The van der Waals surface area contributed by atoms with Crippen molar-refractivity contribution in [1.82, 2.24) is 9.97 Å². The Morgan fingerprint density at radius 3 is 2.65 bits per heavy atom. The van der Waals surface area contributed by atoms with Gasteiger partial charge in [-0.2, -0.15) is 0 Å². The van der Waals surface area contributed by atoms with E-state index in [9.17, 15) is 0 Å². The standard InChI is InChI=1S/C11H21N5O/c1-2-9-14-10(8-11(15-9)16-12)13-6-4-3-5-7-17/h8,17H,2-7,12H2,1H3,(H2,13,14,15,16). The number of anilines is 2. The first-order chi connectivity index (χ1) is 8.30. The molecule has 1 rings (SSSR count). The Bertz CT molecular complexity index is 309. The molecule has 0 aliphatic rings. The second-order valence-corrected chi connectivity index (χ2v) is 3.76. The van der Waals surface area contributed by atoms with Gasteiger partial charge in [-0.1, -0.05) is 6.92 Å². The maximum atomic E-state index is 8.66. The molecular formula is C11H21N5O. The van der Waals surface area contributed by atoms with Crippen LogP contribution in [0.5, 0.6) is 0 Å². The van der Waals surface area contributed by atoms with Gasteiger partial charge in [-0.05, 0) is 19.3 Å². The first-order valence-corrected chi connectivity index (χ1v) is 5.99. The highest BCUT2D eigenvalue weighted by atomic mass is 16.2. The van der Waals surface area contributed by atoms with Gasteiger partial charge in [0.1, 0.15) is 17.5 Å². The third-order valence-corrected chi connectivity index (χ3v) is 2.38. The summed E-state index contributed by atoms with van der Waals surface area (Å²) in [6, 6.07) is 1.78. The summed E-state index contributed by atoms with van der Waals surface area (Å²) in [7, 11) is 0. The Morgan fingerprint density at radius 1 is 1.24 bits per heavy atom. The van der Waals surface area contributed by atoms with E-state index in [0.29, 0.717) is 5.82 Å². The number of hydrogen-bond donors (Lipinski definition) is 4. The molecule has 0 aliphatic carbocycles. The van der Waals surface area contributed by atoms with Crippen molar-refractivity contribution in [2.75, 3.05) is 23.9 Å². The number of unbranched alkanes of at least 4 members (excludes halogenated alkanes) is 2. The lowest BCUT2D eigenvalue weighted by atomic mass is 10.2. The fourth-order valence-corrected chi connectivity index (χ4v) is 1.45. The summed E-state index contributed by atoms with van der Waals surface area (Å²) in [4.78, 5) is 8.56. The predicted octanol–water partition coefficient (Wildman–Crippen LogP) is 0.899. The van der Waals surface area contributed by atoms with Gasteiger partial charge in [0.05, 0.1) is 0 Å². The molecule has 0 unspecified atom stereocenters. The van der Waals surface area contributed by atoms with E-state index in [2.05, 4.69) is 20.7 Å². The predicted molar refractivity (Wildman–Crippen MR) is 68.6 cm³/mol. The highest BCUT2D eigenvalue weighted by Crippen LogP contribution is 2.11. The summed E-state index contributed by atoms with van der Waals surface area (Å²) in [5.41, 5.74) is 2.53. The molecule has 0 saturated carbocycles. The van der Waals surface area contributed by atoms with E-state index < -0.39 is 0 Å². The molecule has 0 aliphatic heterocycles. The second kappa shape index (κ2) is 7.81. The van der Waals surface area contributed by atoms with E-state index in [1.54, 1.807) is 6.07 Å². The average molecular weight is 239 g/mol. The molecule has 0 bridgehead atoms. The van der Waals surface area contributed by atoms with Crippen LogP contribution >= 0.6 is 0 Å². The molecule has 17 heavy (non-hydrogen) atoms. The van der Waals surface area contributed by atoms with E-state index >= 15 is 0 Å². The van der Waals surface area contributed by atoms with Gasteiger partial charge >= 0.3 is 0 Å². The lowest BCUT2D eigenvalue weighted by Gasteiger charge is -2.08. The number of nitrogens with one attached hydrogen (secondary N) is 2. The Balaban J connectivity index is 2.46. The van der Waals surface area contributed by atoms with Crippen molar-refractivity contribution in [1.29, 1.82) is 0 Å². The molecule has 96 valence electrons. The van der Waals surface area contributed by atoms with Crippen molar-refractivity contribution < 1.29 is 5.11 Å². The number of aliphatic hydroxyl groups is 1. The summed E-state index contributed by atoms with van der Waals surface area (Å²) < 4.78 is 0. The van der Waals surface area contributed by atoms with Crippen LogP contribution in [-0.4, -0.2) is 28.2 Å². The first-order valence-electron chi connectivity index (χ1n) is 5.99. The monoisotopic (exact) mass is 239 g/mol. The zero-order chi connectivity index (χ0) is 12.5. The fraction of sp³-hybridized carbons (Fsp3) is 0.636. The minimum Gasteiger partial charge on any atom is -0.396 e. The average Bonchev–Trinajstić information content (AvgIpc) is 2.38. The van der Waals surface area contributed by atoms with E-state index in [0.717, 1.165) is 43.9 Å². The first kappa shape index (κ1) is 13.7. The molecule has 1 aromatic heterocycles. The molecule has 0 amide bonds. The topological polar surface area (TPSA) is 96.1 Å². The number of rotatable bonds is 8. The van der Waals surface area contributed by atoms with Crippen LogP contribution in [0.4, 0.5) is 11.6 Å². The van der Waals surface area contributed by atoms with Gasteiger partial charge in [-0.3, -0.25) is 0 Å².